The number of rotatable bonds is 6. The van der Waals surface area contributed by atoms with Crippen LogP contribution in [0, 0.1) is 5.92 Å². The molecule has 1 saturated carbocycles. The third-order valence-electron chi connectivity index (χ3n) is 4.62. The van der Waals surface area contributed by atoms with E-state index in [-0.39, 0.29) is 6.03 Å². The Kier molecular flexibility index (Phi) is 4.64. The fraction of sp³-hybridized carbons (Fsp3) is 0.250. The first kappa shape index (κ1) is 16.3. The highest BCUT2D eigenvalue weighted by molar-refractivity contribution is 5.88. The van der Waals surface area contributed by atoms with Crippen LogP contribution in [-0.2, 0) is 6.54 Å². The number of nitrogens with zero attached hydrogens (tertiary/aromatic N) is 3. The highest BCUT2D eigenvalue weighted by Gasteiger charge is 2.37. The molecule has 1 fully saturated rings. The van der Waals surface area contributed by atoms with Gasteiger partial charge in [-0.2, -0.15) is 5.10 Å². The summed E-state index contributed by atoms with van der Waals surface area (Å²) in [5.41, 5.74) is 2.96. The number of anilines is 1. The number of nitrogens with one attached hydrogen (secondary N) is 2. The molecule has 6 nitrogen and oxygen atoms in total. The molecule has 1 aromatic carbocycles. The Morgan fingerprint density at radius 2 is 2.00 bits per heavy atom. The van der Waals surface area contributed by atoms with E-state index in [1.807, 2.05) is 24.3 Å². The Morgan fingerprint density at radius 1 is 1.15 bits per heavy atom. The zero-order chi connectivity index (χ0) is 17.8. The second kappa shape index (κ2) is 7.39. The summed E-state index contributed by atoms with van der Waals surface area (Å²) < 4.78 is 1.75. The molecular weight excluding hydrogens is 326 g/mol. The largest absolute Gasteiger partial charge is 0.338 e. The molecule has 0 saturated heterocycles. The Morgan fingerprint density at radius 3 is 2.81 bits per heavy atom. The van der Waals surface area contributed by atoms with Gasteiger partial charge in [-0.3, -0.25) is 9.67 Å². The molecular formula is C20H21N5O. The Balaban J connectivity index is 1.23. The number of carbonyl (C=O) groups is 1. The van der Waals surface area contributed by atoms with Crippen molar-refractivity contribution in [1.82, 2.24) is 20.1 Å². The van der Waals surface area contributed by atoms with E-state index in [0.717, 1.165) is 12.1 Å². The van der Waals surface area contributed by atoms with E-state index < -0.39 is 0 Å². The number of hydrogen-bond donors (Lipinski definition) is 2. The molecule has 2 heterocycles. The molecule has 2 aromatic heterocycles. The smallest absolute Gasteiger partial charge is 0.319 e. The van der Waals surface area contributed by atoms with E-state index in [9.17, 15) is 4.79 Å². The van der Waals surface area contributed by atoms with Gasteiger partial charge < -0.3 is 10.6 Å². The van der Waals surface area contributed by atoms with Crippen LogP contribution >= 0.6 is 0 Å². The lowest BCUT2D eigenvalue weighted by Gasteiger charge is -2.06. The first-order chi connectivity index (χ1) is 12.8. The normalized spacial score (nSPS) is 18.3. The highest BCUT2D eigenvalue weighted by atomic mass is 16.2. The van der Waals surface area contributed by atoms with Crippen LogP contribution in [0.15, 0.2) is 67.1 Å². The Labute approximate surface area is 152 Å². The van der Waals surface area contributed by atoms with Crippen LogP contribution in [0.4, 0.5) is 10.5 Å². The van der Waals surface area contributed by atoms with E-state index in [2.05, 4.69) is 45.0 Å². The Hall–Kier alpha value is -3.15. The van der Waals surface area contributed by atoms with Crippen LogP contribution in [0.5, 0.6) is 0 Å². The van der Waals surface area contributed by atoms with Crippen LogP contribution in [0.3, 0.4) is 0 Å². The second-order valence-electron chi connectivity index (χ2n) is 6.60. The number of amides is 2. The fourth-order valence-electron chi connectivity index (χ4n) is 3.15. The van der Waals surface area contributed by atoms with Gasteiger partial charge in [-0.25, -0.2) is 4.79 Å². The molecule has 4 rings (SSSR count). The summed E-state index contributed by atoms with van der Waals surface area (Å²) >= 11 is 0. The number of urea groups is 1. The number of carbonyl (C=O) groups excluding carboxylic acids is 1. The van der Waals surface area contributed by atoms with Crippen molar-refractivity contribution in [3.8, 4) is 0 Å². The lowest BCUT2D eigenvalue weighted by atomic mass is 10.1. The van der Waals surface area contributed by atoms with Crippen LogP contribution < -0.4 is 10.6 Å². The molecule has 26 heavy (non-hydrogen) atoms. The number of aromatic nitrogens is 3. The van der Waals surface area contributed by atoms with Gasteiger partial charge in [-0.15, -0.1) is 0 Å². The van der Waals surface area contributed by atoms with Crippen molar-refractivity contribution < 1.29 is 4.79 Å². The third-order valence-corrected chi connectivity index (χ3v) is 4.62. The monoisotopic (exact) mass is 347 g/mol. The summed E-state index contributed by atoms with van der Waals surface area (Å²) in [7, 11) is 0. The van der Waals surface area contributed by atoms with Crippen molar-refractivity contribution >= 4 is 11.7 Å². The van der Waals surface area contributed by atoms with Gasteiger partial charge in [0.15, 0.2) is 0 Å². The van der Waals surface area contributed by atoms with Gasteiger partial charge in [0.05, 0.1) is 24.1 Å². The van der Waals surface area contributed by atoms with Crippen molar-refractivity contribution in [2.24, 2.45) is 5.92 Å². The predicted octanol–water partition coefficient (Wildman–Crippen LogP) is 3.25. The van der Waals surface area contributed by atoms with Crippen LogP contribution in [0.25, 0.3) is 0 Å². The minimum atomic E-state index is -0.193. The van der Waals surface area contributed by atoms with E-state index in [0.29, 0.717) is 30.6 Å². The third kappa shape index (κ3) is 4.08. The quantitative estimate of drug-likeness (QED) is 0.719. The molecule has 0 unspecified atom stereocenters. The summed E-state index contributed by atoms with van der Waals surface area (Å²) in [5, 5.41) is 10.0. The summed E-state index contributed by atoms with van der Waals surface area (Å²) in [4.78, 5) is 16.4. The molecule has 0 aliphatic heterocycles. The predicted molar refractivity (Wildman–Crippen MR) is 99.9 cm³/mol. The molecule has 6 heteroatoms. The van der Waals surface area contributed by atoms with Gasteiger partial charge in [-0.05, 0) is 36.0 Å². The van der Waals surface area contributed by atoms with Crippen molar-refractivity contribution in [2.45, 2.75) is 18.9 Å². The number of benzene rings is 1. The molecule has 3 aromatic rings. The molecule has 0 radical (unpaired) electrons. The van der Waals surface area contributed by atoms with Crippen LogP contribution in [0.1, 0.15) is 23.6 Å². The minimum absolute atomic E-state index is 0.193. The average molecular weight is 347 g/mol. The maximum Gasteiger partial charge on any atom is 0.319 e. The van der Waals surface area contributed by atoms with Crippen molar-refractivity contribution in [1.29, 1.82) is 0 Å². The molecule has 1 aliphatic rings. The molecule has 1 aliphatic carbocycles. The van der Waals surface area contributed by atoms with Crippen LogP contribution in [0.2, 0.25) is 0 Å². The van der Waals surface area contributed by atoms with Gasteiger partial charge in [0.25, 0.3) is 0 Å². The molecule has 0 spiro atoms. The average Bonchev–Trinajstić information content (AvgIpc) is 3.34. The number of hydrogen-bond acceptors (Lipinski definition) is 3. The summed E-state index contributed by atoms with van der Waals surface area (Å²) in [6.07, 6.45) is 6.34. The highest BCUT2D eigenvalue weighted by Crippen LogP contribution is 2.46. The fourth-order valence-corrected chi connectivity index (χ4v) is 3.15. The summed E-state index contributed by atoms with van der Waals surface area (Å²) in [6.45, 7) is 1.26. The molecule has 2 amide bonds. The maximum atomic E-state index is 12.1. The van der Waals surface area contributed by atoms with Gasteiger partial charge in [0.2, 0.25) is 0 Å². The molecule has 2 N–H and O–H groups in total. The lowest BCUT2D eigenvalue weighted by Crippen LogP contribution is -2.30. The van der Waals surface area contributed by atoms with E-state index >= 15 is 0 Å². The van der Waals surface area contributed by atoms with Crippen LogP contribution in [-0.4, -0.2) is 27.3 Å². The molecule has 2 atom stereocenters. The minimum Gasteiger partial charge on any atom is -0.338 e. The maximum absolute atomic E-state index is 12.1. The standard InChI is InChI=1S/C20H21N5O/c26-20(22-11-16-10-19(16)15-6-2-1-3-7-15)24-18-12-23-25(14-18)13-17-8-4-5-9-21-17/h1-9,12,14,16,19H,10-11,13H2,(H2,22,24,26)/t16-,19-/m0/s1. The van der Waals surface area contributed by atoms with Crippen molar-refractivity contribution in [3.05, 3.63) is 78.4 Å². The first-order valence-corrected chi connectivity index (χ1v) is 8.80. The second-order valence-corrected chi connectivity index (χ2v) is 6.60. The Bertz CT molecular complexity index is 862. The first-order valence-electron chi connectivity index (χ1n) is 8.80. The van der Waals surface area contributed by atoms with E-state index in [4.69, 9.17) is 0 Å². The van der Waals surface area contributed by atoms with E-state index in [1.54, 1.807) is 23.3 Å². The van der Waals surface area contributed by atoms with Crippen molar-refractivity contribution in [2.75, 3.05) is 11.9 Å². The summed E-state index contributed by atoms with van der Waals surface area (Å²) in [5.74, 6) is 1.09. The zero-order valence-corrected chi connectivity index (χ0v) is 14.4. The summed E-state index contributed by atoms with van der Waals surface area (Å²) in [6, 6.07) is 16.0. The molecule has 0 bridgehead atoms. The number of pyridine rings is 1. The SMILES string of the molecule is O=C(NC[C@@H]1C[C@H]1c1ccccc1)Nc1cnn(Cc2ccccn2)c1. The van der Waals surface area contributed by atoms with Crippen molar-refractivity contribution in [3.63, 3.8) is 0 Å². The van der Waals surface area contributed by atoms with E-state index in [1.165, 1.54) is 5.56 Å². The molecule has 132 valence electrons. The van der Waals surface area contributed by atoms with Gasteiger partial charge in [0.1, 0.15) is 0 Å². The zero-order valence-electron chi connectivity index (χ0n) is 14.4. The van der Waals surface area contributed by atoms with Gasteiger partial charge >= 0.3 is 6.03 Å². The topological polar surface area (TPSA) is 71.8 Å². The van der Waals surface area contributed by atoms with Gasteiger partial charge in [-0.1, -0.05) is 36.4 Å². The van der Waals surface area contributed by atoms with Gasteiger partial charge in [0, 0.05) is 18.9 Å². The lowest BCUT2D eigenvalue weighted by molar-refractivity contribution is 0.251.